The Morgan fingerprint density at radius 3 is 2.25 bits per heavy atom. The van der Waals surface area contributed by atoms with Crippen LogP contribution in [0.4, 0.5) is 0 Å². The molecule has 1 rings (SSSR count). The number of nitrogens with one attached hydrogen (secondary N) is 1. The van der Waals surface area contributed by atoms with E-state index in [9.17, 15) is 0 Å². The first kappa shape index (κ1) is 6.01. The van der Waals surface area contributed by atoms with Crippen LogP contribution in [0.5, 0.6) is 0 Å². The summed E-state index contributed by atoms with van der Waals surface area (Å²) in [5, 5.41) is 20.7. The second-order valence-electron chi connectivity index (χ2n) is 2.25. The highest BCUT2D eigenvalue weighted by Gasteiger charge is 2.28. The highest BCUT2D eigenvalue weighted by Crippen LogP contribution is 2.05. The molecule has 1 saturated heterocycles. The van der Waals surface area contributed by atoms with Crippen LogP contribution >= 0.6 is 0 Å². The molecule has 0 aliphatic carbocycles. The summed E-state index contributed by atoms with van der Waals surface area (Å²) in [4.78, 5) is 0. The standard InChI is InChI=1S/C5H11NO2/c1-3-5(8)4(7)2-6-3/h3-8H,2H2,1H3/t3-,4+,5-/m1/s1. The minimum absolute atomic E-state index is 0.0463. The number of β-amino-alcohol motifs (C(OH)–C–C–N with tert-alkyl or cyclic N) is 1. The Kier molecular flexibility index (Phi) is 1.51. The molecule has 3 heteroatoms. The lowest BCUT2D eigenvalue weighted by Crippen LogP contribution is -2.29. The molecule has 0 radical (unpaired) electrons. The van der Waals surface area contributed by atoms with E-state index in [1.54, 1.807) is 0 Å². The quantitative estimate of drug-likeness (QED) is 0.369. The van der Waals surface area contributed by atoms with Crippen molar-refractivity contribution in [2.75, 3.05) is 6.54 Å². The van der Waals surface area contributed by atoms with E-state index in [0.29, 0.717) is 6.54 Å². The molecule has 1 aliphatic heterocycles. The molecule has 0 unspecified atom stereocenters. The van der Waals surface area contributed by atoms with Gasteiger partial charge in [-0.1, -0.05) is 0 Å². The predicted molar refractivity (Wildman–Crippen MR) is 29.5 cm³/mol. The van der Waals surface area contributed by atoms with Crippen LogP contribution in [0.2, 0.25) is 0 Å². The summed E-state index contributed by atoms with van der Waals surface area (Å²) in [7, 11) is 0. The Morgan fingerprint density at radius 2 is 2.12 bits per heavy atom. The van der Waals surface area contributed by atoms with Crippen molar-refractivity contribution in [2.24, 2.45) is 0 Å². The van der Waals surface area contributed by atoms with Crippen LogP contribution in [0.1, 0.15) is 6.92 Å². The van der Waals surface area contributed by atoms with Crippen molar-refractivity contribution in [3.05, 3.63) is 0 Å². The van der Waals surface area contributed by atoms with Gasteiger partial charge in [-0.2, -0.15) is 0 Å². The summed E-state index contributed by atoms with van der Waals surface area (Å²) in [5.41, 5.74) is 0. The zero-order valence-corrected chi connectivity index (χ0v) is 4.83. The molecule has 8 heavy (non-hydrogen) atoms. The summed E-state index contributed by atoms with van der Waals surface area (Å²) in [6.45, 7) is 2.36. The topological polar surface area (TPSA) is 52.5 Å². The number of aliphatic hydroxyl groups excluding tert-OH is 2. The molecule has 3 atom stereocenters. The predicted octanol–water partition coefficient (Wildman–Crippen LogP) is -1.30. The summed E-state index contributed by atoms with van der Waals surface area (Å²) < 4.78 is 0. The van der Waals surface area contributed by atoms with Gasteiger partial charge in [-0.15, -0.1) is 0 Å². The molecule has 48 valence electrons. The number of aliphatic hydroxyl groups is 2. The molecule has 0 amide bonds. The summed E-state index contributed by atoms with van der Waals surface area (Å²) in [5.74, 6) is 0. The molecule has 1 aliphatic rings. The van der Waals surface area contributed by atoms with Crippen molar-refractivity contribution in [3.63, 3.8) is 0 Å². The molecule has 1 heterocycles. The van der Waals surface area contributed by atoms with Gasteiger partial charge in [0.25, 0.3) is 0 Å². The van der Waals surface area contributed by atoms with E-state index in [-0.39, 0.29) is 6.04 Å². The average molecular weight is 117 g/mol. The molecule has 3 N–H and O–H groups in total. The Balaban J connectivity index is 2.44. The SMILES string of the molecule is C[C@H]1NC[C@H](O)[C@@H]1O. The first-order valence-electron chi connectivity index (χ1n) is 2.81. The van der Waals surface area contributed by atoms with Crippen molar-refractivity contribution in [3.8, 4) is 0 Å². The van der Waals surface area contributed by atoms with Gasteiger partial charge in [0, 0.05) is 12.6 Å². The van der Waals surface area contributed by atoms with Crippen LogP contribution in [0.3, 0.4) is 0 Å². The lowest BCUT2D eigenvalue weighted by Gasteiger charge is -2.08. The first-order chi connectivity index (χ1) is 3.72. The zero-order chi connectivity index (χ0) is 6.15. The Labute approximate surface area is 48.3 Å². The van der Waals surface area contributed by atoms with E-state index in [4.69, 9.17) is 10.2 Å². The molecule has 0 aromatic heterocycles. The molecule has 0 aromatic rings. The van der Waals surface area contributed by atoms with E-state index in [1.807, 2.05) is 6.92 Å². The second-order valence-corrected chi connectivity index (χ2v) is 2.25. The average Bonchev–Trinajstić information content (AvgIpc) is 1.98. The van der Waals surface area contributed by atoms with Crippen LogP contribution in [0.15, 0.2) is 0 Å². The van der Waals surface area contributed by atoms with Crippen LogP contribution in [0, 0.1) is 0 Å². The van der Waals surface area contributed by atoms with E-state index in [1.165, 1.54) is 0 Å². The smallest absolute Gasteiger partial charge is 0.0961 e. The molecule has 3 nitrogen and oxygen atoms in total. The summed E-state index contributed by atoms with van der Waals surface area (Å²) in [6, 6.07) is 0.0463. The fraction of sp³-hybridized carbons (Fsp3) is 1.00. The maximum atomic E-state index is 8.95. The van der Waals surface area contributed by atoms with E-state index >= 15 is 0 Å². The summed E-state index contributed by atoms with van der Waals surface area (Å²) >= 11 is 0. The first-order valence-corrected chi connectivity index (χ1v) is 2.81. The third-order valence-corrected chi connectivity index (χ3v) is 1.56. The fourth-order valence-corrected chi connectivity index (χ4v) is 0.881. The van der Waals surface area contributed by atoms with E-state index in [0.717, 1.165) is 0 Å². The van der Waals surface area contributed by atoms with Gasteiger partial charge in [0.2, 0.25) is 0 Å². The van der Waals surface area contributed by atoms with Gasteiger partial charge in [0.1, 0.15) is 0 Å². The van der Waals surface area contributed by atoms with Crippen LogP contribution < -0.4 is 5.32 Å². The Bertz CT molecular complexity index is 76.5. The molecular formula is C5H11NO2. The van der Waals surface area contributed by atoms with Crippen LogP contribution in [0.25, 0.3) is 0 Å². The van der Waals surface area contributed by atoms with Gasteiger partial charge < -0.3 is 15.5 Å². The second kappa shape index (κ2) is 2.01. The molecule has 1 fully saturated rings. The normalized spacial score (nSPS) is 47.6. The van der Waals surface area contributed by atoms with Gasteiger partial charge in [-0.25, -0.2) is 0 Å². The van der Waals surface area contributed by atoms with Crippen molar-refractivity contribution in [2.45, 2.75) is 25.2 Å². The highest BCUT2D eigenvalue weighted by atomic mass is 16.3. The van der Waals surface area contributed by atoms with Crippen LogP contribution in [-0.4, -0.2) is 35.0 Å². The van der Waals surface area contributed by atoms with Crippen LogP contribution in [-0.2, 0) is 0 Å². The molecule has 0 aromatic carbocycles. The number of hydrogen-bond donors (Lipinski definition) is 3. The van der Waals surface area contributed by atoms with Crippen molar-refractivity contribution in [1.29, 1.82) is 0 Å². The Morgan fingerprint density at radius 1 is 1.50 bits per heavy atom. The van der Waals surface area contributed by atoms with Gasteiger partial charge in [0.05, 0.1) is 12.2 Å². The van der Waals surface area contributed by atoms with Gasteiger partial charge in [-0.3, -0.25) is 0 Å². The van der Waals surface area contributed by atoms with Gasteiger partial charge >= 0.3 is 0 Å². The third kappa shape index (κ3) is 0.844. The van der Waals surface area contributed by atoms with Crippen molar-refractivity contribution in [1.82, 2.24) is 5.32 Å². The van der Waals surface area contributed by atoms with Gasteiger partial charge in [0.15, 0.2) is 0 Å². The largest absolute Gasteiger partial charge is 0.389 e. The molecule has 0 bridgehead atoms. The van der Waals surface area contributed by atoms with E-state index in [2.05, 4.69) is 5.32 Å². The molecular weight excluding hydrogens is 106 g/mol. The number of rotatable bonds is 0. The zero-order valence-electron chi connectivity index (χ0n) is 4.83. The molecule has 0 saturated carbocycles. The fourth-order valence-electron chi connectivity index (χ4n) is 0.881. The minimum atomic E-state index is -0.574. The Hall–Kier alpha value is -0.120. The van der Waals surface area contributed by atoms with Gasteiger partial charge in [-0.05, 0) is 6.92 Å². The van der Waals surface area contributed by atoms with Crippen molar-refractivity contribution < 1.29 is 10.2 Å². The monoisotopic (exact) mass is 117 g/mol. The van der Waals surface area contributed by atoms with Crippen molar-refractivity contribution >= 4 is 0 Å². The molecule has 0 spiro atoms. The lowest BCUT2D eigenvalue weighted by atomic mass is 10.2. The van der Waals surface area contributed by atoms with E-state index < -0.39 is 12.2 Å². The maximum absolute atomic E-state index is 8.95. The maximum Gasteiger partial charge on any atom is 0.0961 e. The third-order valence-electron chi connectivity index (χ3n) is 1.56. The minimum Gasteiger partial charge on any atom is -0.389 e. The highest BCUT2D eigenvalue weighted by molar-refractivity contribution is 4.86. The summed E-state index contributed by atoms with van der Waals surface area (Å²) in [6.07, 6.45) is -1.14. The lowest BCUT2D eigenvalue weighted by molar-refractivity contribution is 0.0436. The number of hydrogen-bond acceptors (Lipinski definition) is 3.